The van der Waals surface area contributed by atoms with E-state index in [1.165, 1.54) is 10.8 Å². The second-order valence-corrected chi connectivity index (χ2v) is 4.37. The lowest BCUT2D eigenvalue weighted by molar-refractivity contribution is 0.327. The number of terminal acetylenes is 1. The molecule has 0 radical (unpaired) electrons. The monoisotopic (exact) mass is 274 g/mol. The summed E-state index contributed by atoms with van der Waals surface area (Å²) in [6.45, 7) is 0.568. The van der Waals surface area contributed by atoms with Gasteiger partial charge in [0, 0.05) is 10.9 Å². The average molecular weight is 275 g/mol. The molecule has 0 fully saturated rings. The van der Waals surface area contributed by atoms with Crippen LogP contribution in [0.3, 0.4) is 0 Å². The average Bonchev–Trinajstić information content (AvgIpc) is 2.29. The zero-order valence-corrected chi connectivity index (χ0v) is 10.3. The maximum atomic E-state index is 5.53. The minimum atomic E-state index is 0.568. The van der Waals surface area contributed by atoms with E-state index in [2.05, 4.69) is 34.0 Å². The van der Waals surface area contributed by atoms with Crippen LogP contribution < -0.4 is 4.74 Å². The van der Waals surface area contributed by atoms with Gasteiger partial charge < -0.3 is 4.74 Å². The fourth-order valence-electron chi connectivity index (χ4n) is 1.51. The summed E-state index contributed by atoms with van der Waals surface area (Å²) in [6.07, 6.45) is 5.80. The highest BCUT2D eigenvalue weighted by atomic mass is 79.9. The van der Waals surface area contributed by atoms with E-state index >= 15 is 0 Å². The van der Waals surface area contributed by atoms with Crippen molar-refractivity contribution >= 4 is 26.7 Å². The van der Waals surface area contributed by atoms with Crippen LogP contribution in [0.1, 0.15) is 6.42 Å². The van der Waals surface area contributed by atoms with Crippen molar-refractivity contribution in [2.24, 2.45) is 0 Å². The van der Waals surface area contributed by atoms with Gasteiger partial charge >= 0.3 is 0 Å². The van der Waals surface area contributed by atoms with Gasteiger partial charge in [-0.15, -0.1) is 12.3 Å². The number of halogens is 1. The molecule has 0 saturated carbocycles. The zero-order valence-electron chi connectivity index (χ0n) is 8.74. The van der Waals surface area contributed by atoms with Crippen molar-refractivity contribution in [3.05, 3.63) is 40.9 Å². The third-order valence-corrected chi connectivity index (χ3v) is 2.78. The highest BCUT2D eigenvalue weighted by molar-refractivity contribution is 9.10. The van der Waals surface area contributed by atoms with Gasteiger partial charge in [-0.1, -0.05) is 28.1 Å². The molecule has 2 aromatic carbocycles. The fourth-order valence-corrected chi connectivity index (χ4v) is 1.89. The standard InChI is InChI=1S/C14H11BrO/c1-2-3-8-16-14-7-5-11-9-13(15)6-4-12(11)10-14/h1,4-7,9-10H,3,8H2. The molecule has 0 aliphatic heterocycles. The Kier molecular flexibility index (Phi) is 3.48. The van der Waals surface area contributed by atoms with Crippen molar-refractivity contribution in [2.45, 2.75) is 6.42 Å². The molecule has 0 bridgehead atoms. The third-order valence-electron chi connectivity index (χ3n) is 2.29. The molecule has 0 aliphatic carbocycles. The van der Waals surface area contributed by atoms with Crippen LogP contribution in [0.5, 0.6) is 5.75 Å². The summed E-state index contributed by atoms with van der Waals surface area (Å²) in [6, 6.07) is 12.2. The Hall–Kier alpha value is -1.46. The van der Waals surface area contributed by atoms with Crippen molar-refractivity contribution in [3.8, 4) is 18.1 Å². The second-order valence-electron chi connectivity index (χ2n) is 3.46. The molecule has 0 spiro atoms. The zero-order chi connectivity index (χ0) is 11.4. The van der Waals surface area contributed by atoms with Gasteiger partial charge in [0.05, 0.1) is 6.61 Å². The van der Waals surface area contributed by atoms with E-state index in [4.69, 9.17) is 11.2 Å². The lowest BCUT2D eigenvalue weighted by Gasteiger charge is -2.05. The van der Waals surface area contributed by atoms with E-state index in [0.717, 1.165) is 10.2 Å². The van der Waals surface area contributed by atoms with Crippen LogP contribution in [-0.4, -0.2) is 6.61 Å². The van der Waals surface area contributed by atoms with Crippen molar-refractivity contribution in [1.82, 2.24) is 0 Å². The summed E-state index contributed by atoms with van der Waals surface area (Å²) in [5.41, 5.74) is 0. The Labute approximate surface area is 104 Å². The first-order valence-corrected chi connectivity index (χ1v) is 5.84. The lowest BCUT2D eigenvalue weighted by atomic mass is 10.1. The summed E-state index contributed by atoms with van der Waals surface area (Å²) < 4.78 is 6.61. The maximum Gasteiger partial charge on any atom is 0.119 e. The molecule has 16 heavy (non-hydrogen) atoms. The molecule has 0 saturated heterocycles. The Morgan fingerprint density at radius 2 is 1.88 bits per heavy atom. The molecule has 0 heterocycles. The summed E-state index contributed by atoms with van der Waals surface area (Å²) in [5, 5.41) is 2.36. The van der Waals surface area contributed by atoms with Gasteiger partial charge in [-0.05, 0) is 35.0 Å². The molecule has 2 heteroatoms. The van der Waals surface area contributed by atoms with Gasteiger partial charge in [-0.2, -0.15) is 0 Å². The molecule has 2 rings (SSSR count). The van der Waals surface area contributed by atoms with Crippen LogP contribution in [0.4, 0.5) is 0 Å². The molecule has 0 aliphatic rings. The van der Waals surface area contributed by atoms with Gasteiger partial charge in [0.2, 0.25) is 0 Å². The SMILES string of the molecule is C#CCCOc1ccc2cc(Br)ccc2c1. The number of fused-ring (bicyclic) bond motifs is 1. The van der Waals surface area contributed by atoms with E-state index in [1.807, 2.05) is 24.3 Å². The minimum absolute atomic E-state index is 0.568. The summed E-state index contributed by atoms with van der Waals surface area (Å²) in [7, 11) is 0. The molecular formula is C14H11BrO. The van der Waals surface area contributed by atoms with E-state index in [-0.39, 0.29) is 0 Å². The number of hydrogen-bond donors (Lipinski definition) is 0. The number of ether oxygens (including phenoxy) is 1. The highest BCUT2D eigenvalue weighted by Gasteiger charge is 1.97. The Bertz CT molecular complexity index is 540. The van der Waals surface area contributed by atoms with Crippen molar-refractivity contribution in [1.29, 1.82) is 0 Å². The van der Waals surface area contributed by atoms with Gasteiger partial charge in [0.1, 0.15) is 5.75 Å². The van der Waals surface area contributed by atoms with E-state index in [1.54, 1.807) is 0 Å². The first-order chi connectivity index (χ1) is 7.79. The van der Waals surface area contributed by atoms with Gasteiger partial charge in [0.25, 0.3) is 0 Å². The van der Waals surface area contributed by atoms with Gasteiger partial charge in [-0.3, -0.25) is 0 Å². The smallest absolute Gasteiger partial charge is 0.119 e. The minimum Gasteiger partial charge on any atom is -0.493 e. The molecule has 0 atom stereocenters. The predicted molar refractivity (Wildman–Crippen MR) is 70.6 cm³/mol. The third kappa shape index (κ3) is 2.56. The largest absolute Gasteiger partial charge is 0.493 e. The van der Waals surface area contributed by atoms with Crippen LogP contribution in [0.2, 0.25) is 0 Å². The van der Waals surface area contributed by atoms with Crippen LogP contribution in [0.15, 0.2) is 40.9 Å². The predicted octanol–water partition coefficient (Wildman–Crippen LogP) is 4.00. The molecule has 0 unspecified atom stereocenters. The first kappa shape index (κ1) is 11.0. The Morgan fingerprint density at radius 3 is 2.69 bits per heavy atom. The highest BCUT2D eigenvalue weighted by Crippen LogP contribution is 2.24. The van der Waals surface area contributed by atoms with E-state index < -0.39 is 0 Å². The molecule has 80 valence electrons. The normalized spacial score (nSPS) is 10.0. The lowest BCUT2D eigenvalue weighted by Crippen LogP contribution is -1.95. The first-order valence-electron chi connectivity index (χ1n) is 5.05. The van der Waals surface area contributed by atoms with E-state index in [0.29, 0.717) is 13.0 Å². The summed E-state index contributed by atoms with van der Waals surface area (Å²) >= 11 is 3.45. The fraction of sp³-hybridized carbons (Fsp3) is 0.143. The van der Waals surface area contributed by atoms with Crippen LogP contribution >= 0.6 is 15.9 Å². The van der Waals surface area contributed by atoms with Gasteiger partial charge in [-0.25, -0.2) is 0 Å². The summed E-state index contributed by atoms with van der Waals surface area (Å²) in [5.74, 6) is 3.42. The maximum absolute atomic E-state index is 5.53. The molecule has 2 aromatic rings. The van der Waals surface area contributed by atoms with Crippen molar-refractivity contribution in [3.63, 3.8) is 0 Å². The second kappa shape index (κ2) is 5.05. The van der Waals surface area contributed by atoms with Crippen LogP contribution in [-0.2, 0) is 0 Å². The van der Waals surface area contributed by atoms with Gasteiger partial charge in [0.15, 0.2) is 0 Å². The Balaban J connectivity index is 2.24. The molecule has 0 aromatic heterocycles. The Morgan fingerprint density at radius 1 is 1.12 bits per heavy atom. The van der Waals surface area contributed by atoms with Crippen molar-refractivity contribution < 1.29 is 4.74 Å². The molecule has 0 amide bonds. The quantitative estimate of drug-likeness (QED) is 0.607. The molecule has 1 nitrogen and oxygen atoms in total. The van der Waals surface area contributed by atoms with Crippen molar-refractivity contribution in [2.75, 3.05) is 6.61 Å². The number of benzene rings is 2. The van der Waals surface area contributed by atoms with Crippen LogP contribution in [0.25, 0.3) is 10.8 Å². The molecular weight excluding hydrogens is 264 g/mol. The topological polar surface area (TPSA) is 9.23 Å². The summed E-state index contributed by atoms with van der Waals surface area (Å²) in [4.78, 5) is 0. The number of hydrogen-bond acceptors (Lipinski definition) is 1. The van der Waals surface area contributed by atoms with E-state index in [9.17, 15) is 0 Å². The molecule has 0 N–H and O–H groups in total. The number of rotatable bonds is 3. The van der Waals surface area contributed by atoms with Crippen LogP contribution in [0, 0.1) is 12.3 Å².